The van der Waals surface area contributed by atoms with Crippen LogP contribution in [-0.4, -0.2) is 45.1 Å². The second-order valence-corrected chi connectivity index (χ2v) is 8.37. The first-order valence-corrected chi connectivity index (χ1v) is 10.7. The highest BCUT2D eigenvalue weighted by Crippen LogP contribution is 2.20. The summed E-state index contributed by atoms with van der Waals surface area (Å²) in [5, 5.41) is 2.72. The summed E-state index contributed by atoms with van der Waals surface area (Å²) in [5.74, 6) is 0.195. The molecule has 0 saturated carbocycles. The SMILES string of the molecule is CCOc1ccc(S(=O)(=O)N(C)CC(=O)Nc2cccc(SC)c2)cc1. The Balaban J connectivity index is 2.04. The number of sulfonamides is 1. The molecule has 6 nitrogen and oxygen atoms in total. The first-order valence-electron chi connectivity index (χ1n) is 8.00. The Morgan fingerprint density at radius 2 is 1.88 bits per heavy atom. The van der Waals surface area contributed by atoms with Crippen LogP contribution in [0.1, 0.15) is 6.92 Å². The van der Waals surface area contributed by atoms with Gasteiger partial charge in [-0.1, -0.05) is 6.07 Å². The maximum atomic E-state index is 12.6. The van der Waals surface area contributed by atoms with Crippen molar-refractivity contribution in [3.05, 3.63) is 48.5 Å². The second-order valence-electron chi connectivity index (χ2n) is 5.45. The van der Waals surface area contributed by atoms with Gasteiger partial charge in [0, 0.05) is 17.6 Å². The Kier molecular flexibility index (Phi) is 7.07. The van der Waals surface area contributed by atoms with Crippen LogP contribution < -0.4 is 10.1 Å². The average molecular weight is 395 g/mol. The Labute approximate surface area is 158 Å². The van der Waals surface area contributed by atoms with E-state index in [-0.39, 0.29) is 11.4 Å². The normalized spacial score (nSPS) is 11.4. The third-order valence-corrected chi connectivity index (χ3v) is 6.11. The molecule has 0 saturated heterocycles. The maximum Gasteiger partial charge on any atom is 0.243 e. The van der Waals surface area contributed by atoms with Gasteiger partial charge in [-0.25, -0.2) is 8.42 Å². The molecule has 0 fully saturated rings. The molecule has 0 atom stereocenters. The summed E-state index contributed by atoms with van der Waals surface area (Å²) < 4.78 is 31.5. The number of carbonyl (C=O) groups is 1. The van der Waals surface area contributed by atoms with Crippen molar-refractivity contribution in [2.75, 3.05) is 31.8 Å². The number of benzene rings is 2. The number of nitrogens with zero attached hydrogens (tertiary/aromatic N) is 1. The fraction of sp³-hybridized carbons (Fsp3) is 0.278. The molecule has 0 radical (unpaired) electrons. The number of hydrogen-bond acceptors (Lipinski definition) is 5. The van der Waals surface area contributed by atoms with Gasteiger partial charge in [0.05, 0.1) is 18.0 Å². The van der Waals surface area contributed by atoms with Gasteiger partial charge in [0.2, 0.25) is 15.9 Å². The summed E-state index contributed by atoms with van der Waals surface area (Å²) in [6, 6.07) is 13.5. The number of ether oxygens (including phenoxy) is 1. The molecule has 0 aliphatic rings. The summed E-state index contributed by atoms with van der Waals surface area (Å²) >= 11 is 1.56. The molecule has 0 heterocycles. The molecule has 0 aliphatic carbocycles. The highest BCUT2D eigenvalue weighted by atomic mass is 32.2. The summed E-state index contributed by atoms with van der Waals surface area (Å²) in [5.41, 5.74) is 0.633. The van der Waals surface area contributed by atoms with Crippen LogP contribution >= 0.6 is 11.8 Å². The monoisotopic (exact) mass is 394 g/mol. The topological polar surface area (TPSA) is 75.7 Å². The Hall–Kier alpha value is -2.03. The lowest BCUT2D eigenvalue weighted by Crippen LogP contribution is -2.34. The van der Waals surface area contributed by atoms with Gasteiger partial charge in [0.25, 0.3) is 0 Å². The predicted octanol–water partition coefficient (Wildman–Crippen LogP) is 3.07. The van der Waals surface area contributed by atoms with E-state index in [0.717, 1.165) is 9.20 Å². The van der Waals surface area contributed by atoms with Crippen LogP contribution in [0.3, 0.4) is 0 Å². The average Bonchev–Trinajstić information content (AvgIpc) is 2.62. The molecule has 0 aliphatic heterocycles. The number of carbonyl (C=O) groups excluding carboxylic acids is 1. The van der Waals surface area contributed by atoms with E-state index in [4.69, 9.17) is 4.74 Å². The van der Waals surface area contributed by atoms with Crippen molar-refractivity contribution in [1.82, 2.24) is 4.31 Å². The van der Waals surface area contributed by atoms with Gasteiger partial charge in [0.15, 0.2) is 0 Å². The van der Waals surface area contributed by atoms with Crippen molar-refractivity contribution in [2.45, 2.75) is 16.7 Å². The van der Waals surface area contributed by atoms with E-state index < -0.39 is 15.9 Å². The van der Waals surface area contributed by atoms with Crippen molar-refractivity contribution in [3.63, 3.8) is 0 Å². The van der Waals surface area contributed by atoms with E-state index in [1.165, 1.54) is 19.2 Å². The lowest BCUT2D eigenvalue weighted by molar-refractivity contribution is -0.116. The predicted molar refractivity (Wildman–Crippen MR) is 104 cm³/mol. The molecular formula is C18H22N2O4S2. The lowest BCUT2D eigenvalue weighted by Gasteiger charge is -2.17. The fourth-order valence-corrected chi connectivity index (χ4v) is 3.83. The molecule has 140 valence electrons. The molecule has 0 spiro atoms. The number of likely N-dealkylation sites (N-methyl/N-ethyl adjacent to an activating group) is 1. The molecule has 2 rings (SSSR count). The van der Waals surface area contributed by atoms with Crippen molar-refractivity contribution < 1.29 is 17.9 Å². The zero-order chi connectivity index (χ0) is 19.2. The third kappa shape index (κ3) is 5.23. The Morgan fingerprint density at radius 3 is 2.50 bits per heavy atom. The highest BCUT2D eigenvalue weighted by molar-refractivity contribution is 7.98. The molecule has 0 unspecified atom stereocenters. The van der Waals surface area contributed by atoms with E-state index in [2.05, 4.69) is 5.32 Å². The van der Waals surface area contributed by atoms with Gasteiger partial charge in [-0.2, -0.15) is 4.31 Å². The molecule has 2 aromatic carbocycles. The van der Waals surface area contributed by atoms with Gasteiger partial charge < -0.3 is 10.1 Å². The minimum absolute atomic E-state index is 0.112. The molecular weight excluding hydrogens is 372 g/mol. The van der Waals surface area contributed by atoms with Gasteiger partial charge >= 0.3 is 0 Å². The lowest BCUT2D eigenvalue weighted by atomic mass is 10.3. The standard InChI is InChI=1S/C18H22N2O4S2/c1-4-24-15-8-10-17(11-9-15)26(22,23)20(2)13-18(21)19-14-6-5-7-16(12-14)25-3/h5-12H,4,13H2,1-3H3,(H,19,21). The van der Waals surface area contributed by atoms with Crippen LogP contribution in [0.5, 0.6) is 5.75 Å². The largest absolute Gasteiger partial charge is 0.494 e. The molecule has 1 N–H and O–H groups in total. The number of anilines is 1. The minimum atomic E-state index is -3.76. The van der Waals surface area contributed by atoms with Crippen LogP contribution in [-0.2, 0) is 14.8 Å². The Bertz CT molecular complexity index is 852. The minimum Gasteiger partial charge on any atom is -0.494 e. The molecule has 26 heavy (non-hydrogen) atoms. The van der Waals surface area contributed by atoms with Gasteiger partial charge in [-0.15, -0.1) is 11.8 Å². The van der Waals surface area contributed by atoms with Gasteiger partial charge in [0.1, 0.15) is 5.75 Å². The van der Waals surface area contributed by atoms with Crippen molar-refractivity contribution in [3.8, 4) is 5.75 Å². The molecule has 2 aromatic rings. The quantitative estimate of drug-likeness (QED) is 0.697. The van der Waals surface area contributed by atoms with E-state index >= 15 is 0 Å². The van der Waals surface area contributed by atoms with E-state index in [9.17, 15) is 13.2 Å². The van der Waals surface area contributed by atoms with Crippen molar-refractivity contribution in [1.29, 1.82) is 0 Å². The number of hydrogen-bond donors (Lipinski definition) is 1. The number of nitrogens with one attached hydrogen (secondary N) is 1. The first kappa shape index (κ1) is 20.3. The van der Waals surface area contributed by atoms with Crippen molar-refractivity contribution in [2.24, 2.45) is 0 Å². The van der Waals surface area contributed by atoms with Crippen LogP contribution in [0.2, 0.25) is 0 Å². The van der Waals surface area contributed by atoms with Crippen LogP contribution in [0.15, 0.2) is 58.3 Å². The summed E-state index contributed by atoms with van der Waals surface area (Å²) in [4.78, 5) is 13.3. The van der Waals surface area contributed by atoms with Crippen LogP contribution in [0.4, 0.5) is 5.69 Å². The maximum absolute atomic E-state index is 12.6. The summed E-state index contributed by atoms with van der Waals surface area (Å²) in [7, 11) is -2.38. The number of amides is 1. The number of thioether (sulfide) groups is 1. The van der Waals surface area contributed by atoms with Crippen LogP contribution in [0, 0.1) is 0 Å². The van der Waals surface area contributed by atoms with E-state index in [0.29, 0.717) is 18.0 Å². The third-order valence-electron chi connectivity index (χ3n) is 3.56. The first-order chi connectivity index (χ1) is 12.4. The van der Waals surface area contributed by atoms with Gasteiger partial charge in [-0.3, -0.25) is 4.79 Å². The molecule has 8 heteroatoms. The van der Waals surface area contributed by atoms with E-state index in [1.54, 1.807) is 30.0 Å². The molecule has 0 aromatic heterocycles. The van der Waals surface area contributed by atoms with Gasteiger partial charge in [-0.05, 0) is 55.6 Å². The molecule has 1 amide bonds. The molecule has 0 bridgehead atoms. The summed E-state index contributed by atoms with van der Waals surface area (Å²) in [6.07, 6.45) is 1.94. The van der Waals surface area contributed by atoms with E-state index in [1.807, 2.05) is 31.4 Å². The zero-order valence-electron chi connectivity index (χ0n) is 14.9. The Morgan fingerprint density at radius 1 is 1.19 bits per heavy atom. The second kappa shape index (κ2) is 9.07. The number of rotatable bonds is 8. The van der Waals surface area contributed by atoms with Crippen molar-refractivity contribution >= 4 is 33.4 Å². The zero-order valence-corrected chi connectivity index (χ0v) is 16.6. The smallest absolute Gasteiger partial charge is 0.243 e. The summed E-state index contributed by atoms with van der Waals surface area (Å²) in [6.45, 7) is 2.08. The highest BCUT2D eigenvalue weighted by Gasteiger charge is 2.23. The van der Waals surface area contributed by atoms with Crippen LogP contribution in [0.25, 0.3) is 0 Å². The fourth-order valence-electron chi connectivity index (χ4n) is 2.24.